The molecular formula is C11H20N2O5. The molecule has 1 heterocycles. The van der Waals surface area contributed by atoms with Gasteiger partial charge < -0.3 is 25.2 Å². The van der Waals surface area contributed by atoms with E-state index in [4.69, 9.17) is 14.9 Å². The highest BCUT2D eigenvalue weighted by Gasteiger charge is 2.20. The zero-order valence-corrected chi connectivity index (χ0v) is 10.5. The van der Waals surface area contributed by atoms with Crippen LogP contribution in [0, 0.1) is 0 Å². The molecule has 7 nitrogen and oxygen atoms in total. The lowest BCUT2D eigenvalue weighted by Gasteiger charge is -2.27. The van der Waals surface area contributed by atoms with Gasteiger partial charge in [-0.3, -0.25) is 0 Å². The molecule has 3 N–H and O–H groups in total. The highest BCUT2D eigenvalue weighted by atomic mass is 16.5. The largest absolute Gasteiger partial charge is 0.479 e. The van der Waals surface area contributed by atoms with Crippen molar-refractivity contribution < 1.29 is 24.5 Å². The molecule has 104 valence electrons. The number of amides is 2. The molecule has 0 bridgehead atoms. The van der Waals surface area contributed by atoms with Crippen molar-refractivity contribution in [3.05, 3.63) is 0 Å². The first kappa shape index (κ1) is 14.7. The summed E-state index contributed by atoms with van der Waals surface area (Å²) in [6.07, 6.45) is 1.54. The maximum absolute atomic E-state index is 11.6. The minimum atomic E-state index is -1.58. The SMILES string of the molecule is CN(CC1CCCCO1)C(=O)NC[C@H](O)C(=O)O. The van der Waals surface area contributed by atoms with Gasteiger partial charge in [0.1, 0.15) is 0 Å². The molecule has 18 heavy (non-hydrogen) atoms. The number of carboxylic acid groups (broad SMARTS) is 1. The second kappa shape index (κ2) is 7.17. The Morgan fingerprint density at radius 2 is 2.22 bits per heavy atom. The van der Waals surface area contributed by atoms with E-state index >= 15 is 0 Å². The lowest BCUT2D eigenvalue weighted by Crippen LogP contribution is -2.45. The van der Waals surface area contributed by atoms with Crippen LogP contribution in [0.1, 0.15) is 19.3 Å². The summed E-state index contributed by atoms with van der Waals surface area (Å²) in [5.41, 5.74) is 0. The number of likely N-dealkylation sites (N-methyl/N-ethyl adjacent to an activating group) is 1. The third-order valence-electron chi connectivity index (χ3n) is 2.83. The smallest absolute Gasteiger partial charge is 0.334 e. The van der Waals surface area contributed by atoms with Crippen molar-refractivity contribution in [2.24, 2.45) is 0 Å². The average molecular weight is 260 g/mol. The number of rotatable bonds is 5. The summed E-state index contributed by atoms with van der Waals surface area (Å²) < 4.78 is 5.50. The first-order valence-corrected chi connectivity index (χ1v) is 6.02. The number of aliphatic carboxylic acids is 1. The number of carbonyl (C=O) groups excluding carboxylic acids is 1. The van der Waals surface area contributed by atoms with Crippen molar-refractivity contribution in [3.8, 4) is 0 Å². The topological polar surface area (TPSA) is 99.1 Å². The van der Waals surface area contributed by atoms with E-state index in [1.807, 2.05) is 0 Å². The number of urea groups is 1. The van der Waals surface area contributed by atoms with Crippen molar-refractivity contribution in [2.75, 3.05) is 26.7 Å². The number of nitrogens with zero attached hydrogens (tertiary/aromatic N) is 1. The van der Waals surface area contributed by atoms with Crippen LogP contribution in [0.2, 0.25) is 0 Å². The van der Waals surface area contributed by atoms with Crippen LogP contribution in [-0.4, -0.2) is 66.1 Å². The van der Waals surface area contributed by atoms with Crippen LogP contribution in [0.4, 0.5) is 4.79 Å². The molecule has 0 aromatic carbocycles. The molecule has 2 amide bonds. The molecule has 0 radical (unpaired) electrons. The highest BCUT2D eigenvalue weighted by molar-refractivity contribution is 5.76. The number of carbonyl (C=O) groups is 2. The van der Waals surface area contributed by atoms with E-state index in [9.17, 15) is 9.59 Å². The number of nitrogens with one attached hydrogen (secondary N) is 1. The second-order valence-electron chi connectivity index (χ2n) is 4.41. The van der Waals surface area contributed by atoms with Crippen molar-refractivity contribution in [3.63, 3.8) is 0 Å². The fourth-order valence-electron chi connectivity index (χ4n) is 1.75. The molecule has 0 saturated carbocycles. The molecule has 0 spiro atoms. The van der Waals surface area contributed by atoms with Crippen LogP contribution >= 0.6 is 0 Å². The van der Waals surface area contributed by atoms with E-state index in [0.29, 0.717) is 6.54 Å². The number of hydrogen-bond acceptors (Lipinski definition) is 4. The van der Waals surface area contributed by atoms with Gasteiger partial charge in [0.05, 0.1) is 12.6 Å². The van der Waals surface area contributed by atoms with Gasteiger partial charge in [-0.1, -0.05) is 0 Å². The Morgan fingerprint density at radius 3 is 2.78 bits per heavy atom. The Hall–Kier alpha value is -1.34. The molecule has 0 aliphatic carbocycles. The van der Waals surface area contributed by atoms with Gasteiger partial charge in [0, 0.05) is 20.2 Å². The number of aliphatic hydroxyl groups excluding tert-OH is 1. The summed E-state index contributed by atoms with van der Waals surface area (Å²) in [4.78, 5) is 23.4. The molecule has 1 aliphatic rings. The van der Waals surface area contributed by atoms with Crippen molar-refractivity contribution in [2.45, 2.75) is 31.5 Å². The first-order valence-electron chi connectivity index (χ1n) is 6.02. The molecule has 2 atom stereocenters. The van der Waals surface area contributed by atoms with Crippen molar-refractivity contribution in [1.29, 1.82) is 0 Å². The van der Waals surface area contributed by atoms with Crippen molar-refractivity contribution >= 4 is 12.0 Å². The molecule has 1 rings (SSSR count). The number of ether oxygens (including phenoxy) is 1. The first-order chi connectivity index (χ1) is 8.50. The van der Waals surface area contributed by atoms with E-state index < -0.39 is 18.1 Å². The molecular weight excluding hydrogens is 240 g/mol. The Morgan fingerprint density at radius 1 is 1.50 bits per heavy atom. The van der Waals surface area contributed by atoms with Gasteiger partial charge in [0.2, 0.25) is 0 Å². The molecule has 1 aliphatic heterocycles. The fourth-order valence-corrected chi connectivity index (χ4v) is 1.75. The summed E-state index contributed by atoms with van der Waals surface area (Å²) in [6.45, 7) is 0.886. The Labute approximate surface area is 106 Å². The van der Waals surface area contributed by atoms with E-state index in [2.05, 4.69) is 5.32 Å². The monoisotopic (exact) mass is 260 g/mol. The molecule has 0 aromatic rings. The number of hydrogen-bond donors (Lipinski definition) is 3. The predicted octanol–water partition coefficient (Wildman–Crippen LogP) is -0.358. The maximum Gasteiger partial charge on any atom is 0.334 e. The lowest BCUT2D eigenvalue weighted by atomic mass is 10.1. The van der Waals surface area contributed by atoms with Crippen LogP contribution in [0.25, 0.3) is 0 Å². The van der Waals surface area contributed by atoms with Gasteiger partial charge in [-0.2, -0.15) is 0 Å². The zero-order valence-electron chi connectivity index (χ0n) is 10.5. The third-order valence-corrected chi connectivity index (χ3v) is 2.83. The normalized spacial score (nSPS) is 21.1. The quantitative estimate of drug-likeness (QED) is 0.627. The molecule has 1 fully saturated rings. The number of carboxylic acids is 1. The fraction of sp³-hybridized carbons (Fsp3) is 0.818. The van der Waals surface area contributed by atoms with Gasteiger partial charge >= 0.3 is 12.0 Å². The van der Waals surface area contributed by atoms with Gasteiger partial charge in [0.25, 0.3) is 0 Å². The van der Waals surface area contributed by atoms with Crippen molar-refractivity contribution in [1.82, 2.24) is 10.2 Å². The lowest BCUT2D eigenvalue weighted by molar-refractivity contribution is -0.146. The summed E-state index contributed by atoms with van der Waals surface area (Å²) in [7, 11) is 1.61. The zero-order chi connectivity index (χ0) is 13.5. The van der Waals surface area contributed by atoms with E-state index in [-0.39, 0.29) is 12.6 Å². The van der Waals surface area contributed by atoms with E-state index in [1.165, 1.54) is 4.90 Å². The van der Waals surface area contributed by atoms with Gasteiger partial charge in [-0.05, 0) is 19.3 Å². The highest BCUT2D eigenvalue weighted by Crippen LogP contribution is 2.13. The van der Waals surface area contributed by atoms with Gasteiger partial charge in [0.15, 0.2) is 6.10 Å². The van der Waals surface area contributed by atoms with Crippen LogP contribution in [0.15, 0.2) is 0 Å². The Bertz CT molecular complexity index is 291. The predicted molar refractivity (Wildman–Crippen MR) is 63.3 cm³/mol. The Balaban J connectivity index is 2.25. The van der Waals surface area contributed by atoms with E-state index in [0.717, 1.165) is 25.9 Å². The summed E-state index contributed by atoms with van der Waals surface area (Å²) in [6, 6.07) is -0.413. The molecule has 0 aromatic heterocycles. The number of aliphatic hydroxyl groups is 1. The molecule has 1 saturated heterocycles. The van der Waals surface area contributed by atoms with Crippen LogP contribution in [-0.2, 0) is 9.53 Å². The maximum atomic E-state index is 11.6. The summed E-state index contributed by atoms with van der Waals surface area (Å²) in [5.74, 6) is -1.35. The van der Waals surface area contributed by atoms with E-state index in [1.54, 1.807) is 7.05 Å². The minimum Gasteiger partial charge on any atom is -0.479 e. The van der Waals surface area contributed by atoms with Gasteiger partial charge in [-0.15, -0.1) is 0 Å². The van der Waals surface area contributed by atoms with Crippen LogP contribution < -0.4 is 5.32 Å². The summed E-state index contributed by atoms with van der Waals surface area (Å²) in [5, 5.41) is 19.8. The Kier molecular flexibility index (Phi) is 5.87. The molecule has 7 heteroatoms. The van der Waals surface area contributed by atoms with Crippen LogP contribution in [0.5, 0.6) is 0 Å². The third kappa shape index (κ3) is 4.89. The average Bonchev–Trinajstić information content (AvgIpc) is 2.36. The standard InChI is InChI=1S/C11H20N2O5/c1-13(7-8-4-2-3-5-18-8)11(17)12-6-9(14)10(15)16/h8-9,14H,2-7H2,1H3,(H,12,17)(H,15,16)/t8?,9-/m0/s1. The van der Waals surface area contributed by atoms with Crippen LogP contribution in [0.3, 0.4) is 0 Å². The molecule has 1 unspecified atom stereocenters. The minimum absolute atomic E-state index is 0.0406. The second-order valence-corrected chi connectivity index (χ2v) is 4.41. The summed E-state index contributed by atoms with van der Waals surface area (Å²) >= 11 is 0. The van der Waals surface area contributed by atoms with Gasteiger partial charge in [-0.25, -0.2) is 9.59 Å².